The molecule has 5 nitrogen and oxygen atoms in total. The Kier molecular flexibility index (Phi) is 6.01. The van der Waals surface area contributed by atoms with Crippen molar-refractivity contribution in [2.75, 3.05) is 0 Å². The number of para-hydroxylation sites is 3. The molecule has 2 N–H and O–H groups in total. The first-order valence-electron chi connectivity index (χ1n) is 16.4. The van der Waals surface area contributed by atoms with Gasteiger partial charge in [0.25, 0.3) is 0 Å². The molecule has 0 bridgehead atoms. The number of hydrogen-bond acceptors (Lipinski definition) is 4. The summed E-state index contributed by atoms with van der Waals surface area (Å²) < 4.78 is 8.70. The van der Waals surface area contributed by atoms with Gasteiger partial charge in [-0.15, -0.1) is 0 Å². The van der Waals surface area contributed by atoms with Crippen molar-refractivity contribution >= 4 is 60.4 Å². The van der Waals surface area contributed by atoms with Gasteiger partial charge in [-0.25, -0.2) is 4.99 Å². The number of hydrogen-bond donors (Lipinski definition) is 2. The second-order valence-electron chi connectivity index (χ2n) is 12.4. The van der Waals surface area contributed by atoms with E-state index < -0.39 is 0 Å². The summed E-state index contributed by atoms with van der Waals surface area (Å²) in [5, 5.41) is 14.7. The Morgan fingerprint density at radius 1 is 0.562 bits per heavy atom. The molecule has 2 unspecified atom stereocenters. The number of nitrogens with one attached hydrogen (secondary N) is 2. The number of aromatic nitrogens is 1. The minimum atomic E-state index is -0.260. The molecule has 7 aromatic carbocycles. The second-order valence-corrected chi connectivity index (χ2v) is 12.4. The highest BCUT2D eigenvalue weighted by molar-refractivity contribution is 6.12. The van der Waals surface area contributed by atoms with Gasteiger partial charge >= 0.3 is 0 Å². The standard InChI is InChI=1S/C43H30N4O/c1-2-13-27(14-3-1)41-44-42(46-43(45-41)34-20-12-24-39-40(34)33-19-8-11-23-38(33)48-39)29-25-28-15-4-5-16-30(28)37(26-29)47-35-21-9-6-17-31(35)32-18-7-10-22-36(32)47/h1-26,41,43,45H,(H,44,46). The summed E-state index contributed by atoms with van der Waals surface area (Å²) in [7, 11) is 0. The van der Waals surface area contributed by atoms with E-state index in [0.717, 1.165) is 55.5 Å². The fourth-order valence-corrected chi connectivity index (χ4v) is 7.51. The van der Waals surface area contributed by atoms with Gasteiger partial charge in [0, 0.05) is 38.1 Å². The zero-order valence-electron chi connectivity index (χ0n) is 26.0. The molecule has 48 heavy (non-hydrogen) atoms. The van der Waals surface area contributed by atoms with Crippen molar-refractivity contribution in [2.24, 2.45) is 4.99 Å². The Hall–Kier alpha value is -6.17. The van der Waals surface area contributed by atoms with Crippen LogP contribution in [0.3, 0.4) is 0 Å². The maximum absolute atomic E-state index is 6.29. The van der Waals surface area contributed by atoms with E-state index in [1.807, 2.05) is 24.3 Å². The number of rotatable bonds is 4. The molecule has 0 radical (unpaired) electrons. The molecular formula is C43H30N4O. The van der Waals surface area contributed by atoms with E-state index in [9.17, 15) is 0 Å². The fourth-order valence-electron chi connectivity index (χ4n) is 7.51. The molecule has 0 spiro atoms. The number of nitrogens with zero attached hydrogens (tertiary/aromatic N) is 2. The highest BCUT2D eigenvalue weighted by Gasteiger charge is 2.28. The molecule has 0 fully saturated rings. The molecule has 2 aromatic heterocycles. The highest BCUT2D eigenvalue weighted by atomic mass is 16.3. The van der Waals surface area contributed by atoms with E-state index in [1.165, 1.54) is 27.2 Å². The Bertz CT molecular complexity index is 2650. The second kappa shape index (κ2) is 10.7. The number of aliphatic imine (C=N–C) groups is 1. The quantitative estimate of drug-likeness (QED) is 0.206. The van der Waals surface area contributed by atoms with Crippen LogP contribution in [0.4, 0.5) is 0 Å². The third kappa shape index (κ3) is 4.18. The van der Waals surface area contributed by atoms with Crippen LogP contribution in [-0.2, 0) is 0 Å². The number of benzene rings is 7. The molecule has 2 atom stereocenters. The van der Waals surface area contributed by atoms with E-state index >= 15 is 0 Å². The SMILES string of the molecule is c1ccc(C2N=C(c3cc(-n4c5ccccc5c5ccccc54)c4ccccc4c3)NC(c3cccc4oc5ccccc5c34)N2)cc1. The predicted molar refractivity (Wildman–Crippen MR) is 197 cm³/mol. The van der Waals surface area contributed by atoms with Crippen molar-refractivity contribution in [3.63, 3.8) is 0 Å². The molecule has 0 amide bonds. The Balaban J connectivity index is 1.20. The summed E-state index contributed by atoms with van der Waals surface area (Å²) in [6.45, 7) is 0. The average Bonchev–Trinajstić information content (AvgIpc) is 3.71. The van der Waals surface area contributed by atoms with Gasteiger partial charge in [-0.1, -0.05) is 121 Å². The van der Waals surface area contributed by atoms with Crippen molar-refractivity contribution in [3.05, 3.63) is 174 Å². The van der Waals surface area contributed by atoms with Gasteiger partial charge in [0.2, 0.25) is 0 Å². The molecule has 228 valence electrons. The van der Waals surface area contributed by atoms with Gasteiger partial charge in [0.05, 0.1) is 16.7 Å². The van der Waals surface area contributed by atoms with Crippen LogP contribution in [0.5, 0.6) is 0 Å². The maximum atomic E-state index is 6.29. The van der Waals surface area contributed by atoms with E-state index in [4.69, 9.17) is 9.41 Å². The van der Waals surface area contributed by atoms with Gasteiger partial charge in [-0.2, -0.15) is 0 Å². The Morgan fingerprint density at radius 2 is 1.21 bits per heavy atom. The van der Waals surface area contributed by atoms with Crippen LogP contribution in [0.1, 0.15) is 29.0 Å². The molecule has 1 aliphatic heterocycles. The summed E-state index contributed by atoms with van der Waals surface area (Å²) in [6, 6.07) is 55.6. The summed E-state index contributed by atoms with van der Waals surface area (Å²) in [6.07, 6.45) is -0.486. The average molecular weight is 619 g/mol. The predicted octanol–water partition coefficient (Wildman–Crippen LogP) is 10.2. The third-order valence-electron chi connectivity index (χ3n) is 9.66. The van der Waals surface area contributed by atoms with Crippen molar-refractivity contribution in [2.45, 2.75) is 12.3 Å². The van der Waals surface area contributed by atoms with Crippen LogP contribution in [0.2, 0.25) is 0 Å². The van der Waals surface area contributed by atoms with Crippen LogP contribution in [0, 0.1) is 0 Å². The monoisotopic (exact) mass is 618 g/mol. The van der Waals surface area contributed by atoms with Gasteiger partial charge < -0.3 is 14.3 Å². The van der Waals surface area contributed by atoms with E-state index in [-0.39, 0.29) is 12.3 Å². The largest absolute Gasteiger partial charge is 0.456 e. The van der Waals surface area contributed by atoms with Gasteiger partial charge in [-0.3, -0.25) is 5.32 Å². The summed E-state index contributed by atoms with van der Waals surface area (Å²) in [5.41, 5.74) is 8.50. The van der Waals surface area contributed by atoms with Crippen LogP contribution in [-0.4, -0.2) is 10.4 Å². The lowest BCUT2D eigenvalue weighted by atomic mass is 10.00. The van der Waals surface area contributed by atoms with Crippen LogP contribution < -0.4 is 10.6 Å². The molecule has 3 heterocycles. The van der Waals surface area contributed by atoms with Gasteiger partial charge in [0.15, 0.2) is 0 Å². The van der Waals surface area contributed by atoms with Gasteiger partial charge in [-0.05, 0) is 47.3 Å². The fraction of sp³-hybridized carbons (Fsp3) is 0.0465. The normalized spacial score (nSPS) is 16.5. The lowest BCUT2D eigenvalue weighted by molar-refractivity contribution is 0.411. The number of fused-ring (bicyclic) bond motifs is 7. The van der Waals surface area contributed by atoms with Crippen molar-refractivity contribution < 1.29 is 4.42 Å². The minimum Gasteiger partial charge on any atom is -0.456 e. The Morgan fingerprint density at radius 3 is 2.00 bits per heavy atom. The Labute approximate surface area is 276 Å². The molecule has 0 aliphatic carbocycles. The van der Waals surface area contributed by atoms with E-state index in [1.54, 1.807) is 0 Å². The highest BCUT2D eigenvalue weighted by Crippen LogP contribution is 2.38. The molecule has 0 saturated carbocycles. The van der Waals surface area contributed by atoms with Crippen molar-refractivity contribution in [1.82, 2.24) is 15.2 Å². The van der Waals surface area contributed by atoms with Gasteiger partial charge in [0.1, 0.15) is 29.3 Å². The lowest BCUT2D eigenvalue weighted by Gasteiger charge is -2.32. The van der Waals surface area contributed by atoms with E-state index in [2.05, 4.69) is 149 Å². The zero-order chi connectivity index (χ0) is 31.6. The summed E-state index contributed by atoms with van der Waals surface area (Å²) >= 11 is 0. The first-order valence-corrected chi connectivity index (χ1v) is 16.4. The summed E-state index contributed by atoms with van der Waals surface area (Å²) in [4.78, 5) is 5.34. The third-order valence-corrected chi connectivity index (χ3v) is 9.66. The molecule has 1 aliphatic rings. The molecule has 5 heteroatoms. The topological polar surface area (TPSA) is 54.5 Å². The minimum absolute atomic E-state index is 0.226. The molecule has 0 saturated heterocycles. The molecule has 10 rings (SSSR count). The zero-order valence-corrected chi connectivity index (χ0v) is 26.0. The lowest BCUT2D eigenvalue weighted by Crippen LogP contribution is -2.45. The first-order chi connectivity index (χ1) is 23.8. The maximum Gasteiger partial charge on any atom is 0.135 e. The van der Waals surface area contributed by atoms with Crippen molar-refractivity contribution in [1.29, 1.82) is 0 Å². The van der Waals surface area contributed by atoms with Crippen LogP contribution in [0.15, 0.2) is 167 Å². The van der Waals surface area contributed by atoms with E-state index in [0.29, 0.717) is 0 Å². The summed E-state index contributed by atoms with van der Waals surface area (Å²) in [5.74, 6) is 0.838. The van der Waals surface area contributed by atoms with Crippen LogP contribution in [0.25, 0.3) is 60.2 Å². The van der Waals surface area contributed by atoms with Crippen molar-refractivity contribution in [3.8, 4) is 5.69 Å². The number of amidine groups is 1. The molecular weight excluding hydrogens is 589 g/mol. The smallest absolute Gasteiger partial charge is 0.135 e. The van der Waals surface area contributed by atoms with Crippen LogP contribution >= 0.6 is 0 Å². The molecule has 9 aromatic rings. The number of furan rings is 1. The first kappa shape index (κ1) is 27.0.